The van der Waals surface area contributed by atoms with E-state index in [4.69, 9.17) is 4.74 Å². The molecule has 0 radical (unpaired) electrons. The zero-order chi connectivity index (χ0) is 13.0. The highest BCUT2D eigenvalue weighted by Crippen LogP contribution is 2.25. The normalized spacial score (nSPS) is 29.6. The molecule has 0 saturated carbocycles. The second kappa shape index (κ2) is 6.18. The molecular weight excluding hydrogens is 232 g/mol. The molecule has 0 aromatic rings. The van der Waals surface area contributed by atoms with Crippen molar-refractivity contribution in [1.82, 2.24) is 10.2 Å². The number of rotatable bonds is 2. The Morgan fingerprint density at radius 2 is 2.33 bits per heavy atom. The summed E-state index contributed by atoms with van der Waals surface area (Å²) in [5.41, 5.74) is 0. The molecule has 0 aromatic carbocycles. The maximum absolute atomic E-state index is 12.5. The molecule has 0 spiro atoms. The lowest BCUT2D eigenvalue weighted by Gasteiger charge is -2.33. The van der Waals surface area contributed by atoms with Crippen molar-refractivity contribution in [2.24, 2.45) is 5.92 Å². The van der Waals surface area contributed by atoms with Gasteiger partial charge in [0.2, 0.25) is 11.8 Å². The first-order valence-corrected chi connectivity index (χ1v) is 6.89. The summed E-state index contributed by atoms with van der Waals surface area (Å²) >= 11 is 0. The van der Waals surface area contributed by atoms with Crippen LogP contribution in [0.25, 0.3) is 0 Å². The van der Waals surface area contributed by atoms with Crippen LogP contribution in [-0.2, 0) is 14.3 Å². The van der Waals surface area contributed by atoms with E-state index in [0.717, 1.165) is 25.9 Å². The van der Waals surface area contributed by atoms with Gasteiger partial charge in [0.1, 0.15) is 0 Å². The Balaban J connectivity index is 1.98. The van der Waals surface area contributed by atoms with E-state index in [9.17, 15) is 9.59 Å². The van der Waals surface area contributed by atoms with Crippen LogP contribution in [0.5, 0.6) is 0 Å². The Kier molecular flexibility index (Phi) is 4.58. The third-order valence-corrected chi connectivity index (χ3v) is 3.78. The number of hydrogen-bond donors (Lipinski definition) is 1. The van der Waals surface area contributed by atoms with Crippen molar-refractivity contribution in [3.05, 3.63) is 0 Å². The largest absolute Gasteiger partial charge is 0.377 e. The quantitative estimate of drug-likeness (QED) is 0.782. The molecule has 0 aromatic heterocycles. The van der Waals surface area contributed by atoms with Gasteiger partial charge in [0.25, 0.3) is 0 Å². The summed E-state index contributed by atoms with van der Waals surface area (Å²) in [7, 11) is 0. The number of nitrogens with one attached hydrogen (secondary N) is 1. The molecule has 0 aliphatic carbocycles. The van der Waals surface area contributed by atoms with Crippen LogP contribution in [0, 0.1) is 5.92 Å². The van der Waals surface area contributed by atoms with E-state index in [0.29, 0.717) is 26.1 Å². The lowest BCUT2D eigenvalue weighted by Crippen LogP contribution is -2.45. The summed E-state index contributed by atoms with van der Waals surface area (Å²) in [4.78, 5) is 25.6. The molecule has 2 amide bonds. The average Bonchev–Trinajstić information content (AvgIpc) is 2.62. The van der Waals surface area contributed by atoms with Crippen LogP contribution in [0.15, 0.2) is 0 Å². The number of ether oxygens (including phenoxy) is 1. The molecule has 102 valence electrons. The first-order chi connectivity index (χ1) is 8.72. The Bertz CT molecular complexity index is 319. The van der Waals surface area contributed by atoms with Gasteiger partial charge in [-0.15, -0.1) is 0 Å². The summed E-state index contributed by atoms with van der Waals surface area (Å²) in [6, 6.07) is 0. The van der Waals surface area contributed by atoms with Crippen molar-refractivity contribution in [3.63, 3.8) is 0 Å². The van der Waals surface area contributed by atoms with E-state index in [-0.39, 0.29) is 23.8 Å². The number of hydrogen-bond acceptors (Lipinski definition) is 3. The second-order valence-electron chi connectivity index (χ2n) is 4.99. The van der Waals surface area contributed by atoms with Gasteiger partial charge in [0, 0.05) is 32.7 Å². The molecule has 2 heterocycles. The maximum Gasteiger partial charge on any atom is 0.228 e. The lowest BCUT2D eigenvalue weighted by atomic mass is 9.91. The minimum absolute atomic E-state index is 0.0167. The molecule has 0 unspecified atom stereocenters. The summed E-state index contributed by atoms with van der Waals surface area (Å²) in [6.45, 7) is 4.55. The lowest BCUT2D eigenvalue weighted by molar-refractivity contribution is -0.145. The molecule has 2 rings (SSSR count). The first-order valence-electron chi connectivity index (χ1n) is 6.89. The van der Waals surface area contributed by atoms with Gasteiger partial charge >= 0.3 is 0 Å². The van der Waals surface area contributed by atoms with Crippen LogP contribution in [0.4, 0.5) is 0 Å². The molecule has 2 aliphatic rings. The van der Waals surface area contributed by atoms with Gasteiger partial charge in [-0.1, -0.05) is 6.92 Å². The van der Waals surface area contributed by atoms with Crippen molar-refractivity contribution in [3.8, 4) is 0 Å². The summed E-state index contributed by atoms with van der Waals surface area (Å²) in [5, 5.41) is 2.79. The van der Waals surface area contributed by atoms with Crippen molar-refractivity contribution in [2.75, 3.05) is 26.2 Å². The monoisotopic (exact) mass is 254 g/mol. The number of carbonyl (C=O) groups is 2. The fraction of sp³-hybridized carbons (Fsp3) is 0.846. The van der Waals surface area contributed by atoms with E-state index in [1.54, 1.807) is 0 Å². The SMILES string of the molecule is CC[C@H]1OCCC[C@@H]1C(=O)N1CCNC(=O)CC1. The Morgan fingerprint density at radius 1 is 1.50 bits per heavy atom. The van der Waals surface area contributed by atoms with Gasteiger partial charge in [-0.25, -0.2) is 0 Å². The molecule has 0 bridgehead atoms. The van der Waals surface area contributed by atoms with Crippen LogP contribution in [0.2, 0.25) is 0 Å². The molecule has 2 saturated heterocycles. The molecule has 2 atom stereocenters. The molecular formula is C13H22N2O3. The Morgan fingerprint density at radius 3 is 3.11 bits per heavy atom. The van der Waals surface area contributed by atoms with Crippen LogP contribution in [0.3, 0.4) is 0 Å². The topological polar surface area (TPSA) is 58.6 Å². The van der Waals surface area contributed by atoms with Crippen LogP contribution in [-0.4, -0.2) is 49.1 Å². The molecule has 2 fully saturated rings. The summed E-state index contributed by atoms with van der Waals surface area (Å²) < 4.78 is 5.67. The van der Waals surface area contributed by atoms with Crippen LogP contribution >= 0.6 is 0 Å². The zero-order valence-corrected chi connectivity index (χ0v) is 11.0. The van der Waals surface area contributed by atoms with Gasteiger partial charge in [-0.3, -0.25) is 9.59 Å². The van der Waals surface area contributed by atoms with Gasteiger partial charge in [0.15, 0.2) is 0 Å². The van der Waals surface area contributed by atoms with Crippen molar-refractivity contribution < 1.29 is 14.3 Å². The van der Waals surface area contributed by atoms with Gasteiger partial charge < -0.3 is 15.0 Å². The summed E-state index contributed by atoms with van der Waals surface area (Å²) in [5.74, 6) is 0.187. The van der Waals surface area contributed by atoms with Crippen LogP contribution < -0.4 is 5.32 Å². The smallest absolute Gasteiger partial charge is 0.228 e. The predicted octanol–water partition coefficient (Wildman–Crippen LogP) is 0.540. The van der Waals surface area contributed by atoms with Crippen LogP contribution in [0.1, 0.15) is 32.6 Å². The average molecular weight is 254 g/mol. The maximum atomic E-state index is 12.5. The Hall–Kier alpha value is -1.10. The fourth-order valence-electron chi connectivity index (χ4n) is 2.75. The third-order valence-electron chi connectivity index (χ3n) is 3.78. The van der Waals surface area contributed by atoms with E-state index < -0.39 is 0 Å². The van der Waals surface area contributed by atoms with Gasteiger partial charge in [-0.2, -0.15) is 0 Å². The minimum atomic E-state index is -0.0167. The molecule has 5 heteroatoms. The van der Waals surface area contributed by atoms with Crippen molar-refractivity contribution in [2.45, 2.75) is 38.7 Å². The summed E-state index contributed by atoms with van der Waals surface area (Å²) in [6.07, 6.45) is 3.21. The highest BCUT2D eigenvalue weighted by molar-refractivity contribution is 5.82. The fourth-order valence-corrected chi connectivity index (χ4v) is 2.75. The molecule has 5 nitrogen and oxygen atoms in total. The van der Waals surface area contributed by atoms with E-state index >= 15 is 0 Å². The highest BCUT2D eigenvalue weighted by Gasteiger charge is 2.34. The second-order valence-corrected chi connectivity index (χ2v) is 4.99. The van der Waals surface area contributed by atoms with Gasteiger partial charge in [0.05, 0.1) is 12.0 Å². The van der Waals surface area contributed by atoms with Gasteiger partial charge in [-0.05, 0) is 19.3 Å². The zero-order valence-electron chi connectivity index (χ0n) is 11.0. The third kappa shape index (κ3) is 3.02. The van der Waals surface area contributed by atoms with E-state index in [1.807, 2.05) is 4.90 Å². The van der Waals surface area contributed by atoms with E-state index in [1.165, 1.54) is 0 Å². The molecule has 2 aliphatic heterocycles. The molecule has 18 heavy (non-hydrogen) atoms. The van der Waals surface area contributed by atoms with Crippen molar-refractivity contribution >= 4 is 11.8 Å². The number of carbonyl (C=O) groups excluding carboxylic acids is 2. The minimum Gasteiger partial charge on any atom is -0.377 e. The van der Waals surface area contributed by atoms with E-state index in [2.05, 4.69) is 12.2 Å². The standard InChI is InChI=1S/C13H22N2O3/c1-2-11-10(4-3-9-18-11)13(17)15-7-5-12(16)14-6-8-15/h10-11H,2-9H2,1H3,(H,14,16)/t10-,11+/m0/s1. The highest BCUT2D eigenvalue weighted by atomic mass is 16.5. The number of nitrogens with zero attached hydrogens (tertiary/aromatic N) is 1. The molecule has 1 N–H and O–H groups in total. The van der Waals surface area contributed by atoms with Crippen molar-refractivity contribution in [1.29, 1.82) is 0 Å². The predicted molar refractivity (Wildman–Crippen MR) is 67.0 cm³/mol. The first kappa shape index (κ1) is 13.3. The Labute approximate surface area is 108 Å². The number of amides is 2.